The Hall–Kier alpha value is -1.86. The molecule has 2 rings (SSSR count). The molecule has 0 atom stereocenters. The summed E-state index contributed by atoms with van der Waals surface area (Å²) in [6.07, 6.45) is 0. The van der Waals surface area contributed by atoms with Crippen LogP contribution in [0.1, 0.15) is 0 Å². The molecule has 1 fully saturated rings. The van der Waals surface area contributed by atoms with Crippen molar-refractivity contribution in [1.29, 1.82) is 0 Å². The lowest BCUT2D eigenvalue weighted by Crippen LogP contribution is -2.44. The van der Waals surface area contributed by atoms with Crippen LogP contribution in [0.25, 0.3) is 0 Å². The molecule has 1 aromatic carbocycles. The Bertz CT molecular complexity index is 544. The van der Waals surface area contributed by atoms with Crippen molar-refractivity contribution in [3.05, 3.63) is 28.3 Å². The summed E-state index contributed by atoms with van der Waals surface area (Å²) in [6.45, 7) is 3.41. The molecule has 0 unspecified atom stereocenters. The first kappa shape index (κ1) is 15.5. The summed E-state index contributed by atoms with van der Waals surface area (Å²) < 4.78 is 0. The standard InChI is InChI=1S/C13H17ClN4O3/c1-16-4-6-17(7-5-16)12-3-2-10(18(20)21)8-11(12)15-13(19)9-14/h2-3,8H,4-7,9H2,1H3,(H,15,19). The van der Waals surface area contributed by atoms with Crippen molar-refractivity contribution in [2.75, 3.05) is 49.3 Å². The van der Waals surface area contributed by atoms with E-state index < -0.39 is 4.92 Å². The molecule has 1 aliphatic rings. The van der Waals surface area contributed by atoms with Crippen LogP contribution >= 0.6 is 11.6 Å². The summed E-state index contributed by atoms with van der Waals surface area (Å²) in [5, 5.41) is 13.5. The first-order valence-corrected chi connectivity index (χ1v) is 7.12. The Kier molecular flexibility index (Phi) is 4.98. The number of nitrogens with one attached hydrogen (secondary N) is 1. The normalized spacial score (nSPS) is 15.8. The molecule has 0 aliphatic carbocycles. The summed E-state index contributed by atoms with van der Waals surface area (Å²) in [5.74, 6) is -0.572. The molecule has 0 saturated carbocycles. The van der Waals surface area contributed by atoms with E-state index in [4.69, 9.17) is 11.6 Å². The van der Waals surface area contributed by atoms with Crippen molar-refractivity contribution in [2.24, 2.45) is 0 Å². The number of hydrogen-bond acceptors (Lipinski definition) is 5. The quantitative estimate of drug-likeness (QED) is 0.518. The number of hydrogen-bond donors (Lipinski definition) is 1. The second kappa shape index (κ2) is 6.73. The van der Waals surface area contributed by atoms with Crippen molar-refractivity contribution in [3.8, 4) is 0 Å². The Morgan fingerprint density at radius 3 is 2.62 bits per heavy atom. The number of nitrogens with zero attached hydrogens (tertiary/aromatic N) is 3. The average Bonchev–Trinajstić information content (AvgIpc) is 2.48. The van der Waals surface area contributed by atoms with Crippen molar-refractivity contribution >= 4 is 34.6 Å². The van der Waals surface area contributed by atoms with Crippen LogP contribution in [0.5, 0.6) is 0 Å². The highest BCUT2D eigenvalue weighted by atomic mass is 35.5. The first-order chi connectivity index (χ1) is 10.0. The molecule has 7 nitrogen and oxygen atoms in total. The molecular weight excluding hydrogens is 296 g/mol. The van der Waals surface area contributed by atoms with Crippen LogP contribution in [0.2, 0.25) is 0 Å². The van der Waals surface area contributed by atoms with E-state index in [0.29, 0.717) is 5.69 Å². The molecule has 1 amide bonds. The highest BCUT2D eigenvalue weighted by molar-refractivity contribution is 6.29. The Morgan fingerprint density at radius 1 is 1.38 bits per heavy atom. The average molecular weight is 313 g/mol. The fourth-order valence-electron chi connectivity index (χ4n) is 2.24. The monoisotopic (exact) mass is 312 g/mol. The third kappa shape index (κ3) is 3.83. The summed E-state index contributed by atoms with van der Waals surface area (Å²) in [7, 11) is 2.04. The first-order valence-electron chi connectivity index (χ1n) is 6.59. The van der Waals surface area contributed by atoms with E-state index in [9.17, 15) is 14.9 Å². The predicted octanol–water partition coefficient (Wildman–Crippen LogP) is 1.52. The number of nitro groups is 1. The number of nitro benzene ring substituents is 1. The van der Waals surface area contributed by atoms with E-state index in [-0.39, 0.29) is 17.5 Å². The van der Waals surface area contributed by atoms with E-state index >= 15 is 0 Å². The molecule has 0 bridgehead atoms. The maximum atomic E-state index is 11.5. The summed E-state index contributed by atoms with van der Waals surface area (Å²) >= 11 is 5.50. The lowest BCUT2D eigenvalue weighted by atomic mass is 10.2. The van der Waals surface area contributed by atoms with Gasteiger partial charge in [-0.3, -0.25) is 14.9 Å². The molecule has 1 aromatic rings. The Balaban J connectivity index is 2.30. The largest absolute Gasteiger partial charge is 0.367 e. The molecule has 0 spiro atoms. The van der Waals surface area contributed by atoms with Gasteiger partial charge in [-0.15, -0.1) is 11.6 Å². The number of halogens is 1. The molecule has 0 aromatic heterocycles. The molecule has 1 heterocycles. The number of piperazine rings is 1. The lowest BCUT2D eigenvalue weighted by molar-refractivity contribution is -0.384. The van der Waals surface area contributed by atoms with Gasteiger partial charge in [-0.2, -0.15) is 0 Å². The minimum absolute atomic E-state index is 0.0576. The van der Waals surface area contributed by atoms with Crippen LogP contribution in [0.3, 0.4) is 0 Å². The van der Waals surface area contributed by atoms with Gasteiger partial charge in [0.2, 0.25) is 5.91 Å². The number of anilines is 2. The minimum Gasteiger partial charge on any atom is -0.367 e. The molecule has 0 radical (unpaired) electrons. The maximum absolute atomic E-state index is 11.5. The van der Waals surface area contributed by atoms with Gasteiger partial charge in [0.05, 0.1) is 16.3 Å². The number of non-ortho nitro benzene ring substituents is 1. The molecule has 1 saturated heterocycles. The highest BCUT2D eigenvalue weighted by Crippen LogP contribution is 2.31. The predicted molar refractivity (Wildman–Crippen MR) is 82.2 cm³/mol. The summed E-state index contributed by atoms with van der Waals surface area (Å²) in [5.41, 5.74) is 1.16. The van der Waals surface area contributed by atoms with Gasteiger partial charge in [-0.1, -0.05) is 0 Å². The van der Waals surface area contributed by atoms with E-state index in [2.05, 4.69) is 15.1 Å². The minimum atomic E-state index is -0.482. The smallest absolute Gasteiger partial charge is 0.271 e. The third-order valence-corrected chi connectivity index (χ3v) is 3.67. The zero-order valence-electron chi connectivity index (χ0n) is 11.7. The fraction of sp³-hybridized carbons (Fsp3) is 0.462. The van der Waals surface area contributed by atoms with Gasteiger partial charge in [0, 0.05) is 38.3 Å². The molecule has 8 heteroatoms. The molecular formula is C13H17ClN4O3. The topological polar surface area (TPSA) is 78.7 Å². The maximum Gasteiger partial charge on any atom is 0.271 e. The van der Waals surface area contributed by atoms with Crippen LogP contribution in [0, 0.1) is 10.1 Å². The number of likely N-dealkylation sites (N-methyl/N-ethyl adjacent to an activating group) is 1. The molecule has 114 valence electrons. The second-order valence-electron chi connectivity index (χ2n) is 4.93. The fourth-order valence-corrected chi connectivity index (χ4v) is 2.31. The third-order valence-electron chi connectivity index (χ3n) is 3.43. The number of carbonyl (C=O) groups is 1. The zero-order chi connectivity index (χ0) is 15.4. The Morgan fingerprint density at radius 2 is 2.05 bits per heavy atom. The van der Waals surface area contributed by atoms with Gasteiger partial charge in [0.15, 0.2) is 0 Å². The molecule has 21 heavy (non-hydrogen) atoms. The summed E-state index contributed by atoms with van der Waals surface area (Å²) in [4.78, 5) is 26.2. The van der Waals surface area contributed by atoms with Crippen LogP contribution < -0.4 is 10.2 Å². The molecule has 1 aliphatic heterocycles. The Labute approximate surface area is 127 Å². The SMILES string of the molecule is CN1CCN(c2ccc([N+](=O)[O-])cc2NC(=O)CCl)CC1. The number of alkyl halides is 1. The number of benzene rings is 1. The van der Waals surface area contributed by atoms with Crippen LogP contribution in [0.15, 0.2) is 18.2 Å². The van der Waals surface area contributed by atoms with E-state index in [1.165, 1.54) is 12.1 Å². The van der Waals surface area contributed by atoms with E-state index in [0.717, 1.165) is 31.9 Å². The number of amides is 1. The summed E-state index contributed by atoms with van der Waals surface area (Å²) in [6, 6.07) is 4.50. The van der Waals surface area contributed by atoms with Crippen LogP contribution in [-0.4, -0.2) is 54.8 Å². The van der Waals surface area contributed by atoms with E-state index in [1.54, 1.807) is 6.07 Å². The van der Waals surface area contributed by atoms with Gasteiger partial charge in [0.1, 0.15) is 5.88 Å². The second-order valence-corrected chi connectivity index (χ2v) is 5.20. The van der Waals surface area contributed by atoms with Gasteiger partial charge >= 0.3 is 0 Å². The van der Waals surface area contributed by atoms with Crippen molar-refractivity contribution in [2.45, 2.75) is 0 Å². The van der Waals surface area contributed by atoms with Crippen LogP contribution in [-0.2, 0) is 4.79 Å². The van der Waals surface area contributed by atoms with Gasteiger partial charge in [-0.05, 0) is 13.1 Å². The van der Waals surface area contributed by atoms with E-state index in [1.807, 2.05) is 7.05 Å². The van der Waals surface area contributed by atoms with Gasteiger partial charge in [0.25, 0.3) is 5.69 Å². The van der Waals surface area contributed by atoms with Crippen molar-refractivity contribution < 1.29 is 9.72 Å². The number of carbonyl (C=O) groups excluding carboxylic acids is 1. The van der Waals surface area contributed by atoms with Crippen molar-refractivity contribution in [3.63, 3.8) is 0 Å². The molecule has 1 N–H and O–H groups in total. The lowest BCUT2D eigenvalue weighted by Gasteiger charge is -2.35. The van der Waals surface area contributed by atoms with Gasteiger partial charge < -0.3 is 15.1 Å². The zero-order valence-corrected chi connectivity index (χ0v) is 12.5. The number of rotatable bonds is 4. The highest BCUT2D eigenvalue weighted by Gasteiger charge is 2.20. The van der Waals surface area contributed by atoms with Crippen LogP contribution in [0.4, 0.5) is 17.1 Å². The van der Waals surface area contributed by atoms with Crippen molar-refractivity contribution in [1.82, 2.24) is 4.90 Å². The van der Waals surface area contributed by atoms with Gasteiger partial charge in [-0.25, -0.2) is 0 Å².